The molecule has 2 fully saturated rings. The number of nitrogens with one attached hydrogen (secondary N) is 2. The highest BCUT2D eigenvalue weighted by molar-refractivity contribution is 6.01. The van der Waals surface area contributed by atoms with Crippen LogP contribution in [-0.4, -0.2) is 23.1 Å². The van der Waals surface area contributed by atoms with Crippen LogP contribution in [0.2, 0.25) is 0 Å². The number of piperidine rings is 1. The van der Waals surface area contributed by atoms with E-state index in [9.17, 15) is 4.79 Å². The molecule has 25 heavy (non-hydrogen) atoms. The fourth-order valence-electron chi connectivity index (χ4n) is 4.92. The molecule has 2 aliphatic rings. The van der Waals surface area contributed by atoms with Crippen LogP contribution >= 0.6 is 0 Å². The Bertz CT molecular complexity index is 974. The van der Waals surface area contributed by atoms with Gasteiger partial charge in [-0.2, -0.15) is 0 Å². The van der Waals surface area contributed by atoms with Crippen LogP contribution in [0.3, 0.4) is 0 Å². The summed E-state index contributed by atoms with van der Waals surface area (Å²) in [6.07, 6.45) is 6.91. The third-order valence-corrected chi connectivity index (χ3v) is 6.18. The molecule has 1 aliphatic heterocycles. The first kappa shape index (κ1) is 15.1. The SMILES string of the molecule is O=c1[nH]c(C[NH+]2CC[C@@H]3CCCC[C@@H]3C2)nc2c1oc1ccccc12. The number of hydrogen-bond acceptors (Lipinski definition) is 3. The molecule has 130 valence electrons. The first-order valence-electron chi connectivity index (χ1n) is 9.52. The van der Waals surface area contributed by atoms with Crippen molar-refractivity contribution in [1.29, 1.82) is 0 Å². The summed E-state index contributed by atoms with van der Waals surface area (Å²) in [4.78, 5) is 21.7. The lowest BCUT2D eigenvalue weighted by Gasteiger charge is -2.38. The lowest BCUT2D eigenvalue weighted by Crippen LogP contribution is -3.12. The highest BCUT2D eigenvalue weighted by atomic mass is 16.3. The molecule has 5 nitrogen and oxygen atoms in total. The number of aromatic nitrogens is 2. The van der Waals surface area contributed by atoms with E-state index in [-0.39, 0.29) is 5.56 Å². The second-order valence-corrected chi connectivity index (χ2v) is 7.76. The number of aromatic amines is 1. The van der Waals surface area contributed by atoms with Crippen LogP contribution in [0.1, 0.15) is 37.9 Å². The van der Waals surface area contributed by atoms with Gasteiger partial charge in [-0.15, -0.1) is 0 Å². The van der Waals surface area contributed by atoms with Crippen molar-refractivity contribution in [3.8, 4) is 0 Å². The number of hydrogen-bond donors (Lipinski definition) is 2. The van der Waals surface area contributed by atoms with Gasteiger partial charge < -0.3 is 14.3 Å². The summed E-state index contributed by atoms with van der Waals surface area (Å²) in [5, 5.41) is 0.922. The Morgan fingerprint density at radius 2 is 2.00 bits per heavy atom. The Labute approximate surface area is 146 Å². The quantitative estimate of drug-likeness (QED) is 0.753. The molecule has 0 radical (unpaired) electrons. The highest BCUT2D eigenvalue weighted by Gasteiger charge is 2.33. The van der Waals surface area contributed by atoms with Crippen LogP contribution in [0, 0.1) is 11.8 Å². The van der Waals surface area contributed by atoms with Gasteiger partial charge in [-0.3, -0.25) is 4.79 Å². The maximum absolute atomic E-state index is 12.4. The van der Waals surface area contributed by atoms with Gasteiger partial charge >= 0.3 is 0 Å². The van der Waals surface area contributed by atoms with Crippen molar-refractivity contribution in [1.82, 2.24) is 9.97 Å². The average Bonchev–Trinajstić information content (AvgIpc) is 3.01. The van der Waals surface area contributed by atoms with Crippen molar-refractivity contribution in [3.05, 3.63) is 40.4 Å². The Morgan fingerprint density at radius 3 is 2.92 bits per heavy atom. The van der Waals surface area contributed by atoms with Crippen LogP contribution in [0.4, 0.5) is 0 Å². The number of rotatable bonds is 2. The van der Waals surface area contributed by atoms with Gasteiger partial charge in [0.1, 0.15) is 17.6 Å². The van der Waals surface area contributed by atoms with Crippen LogP contribution in [0.5, 0.6) is 0 Å². The molecule has 1 unspecified atom stereocenters. The molecule has 1 saturated carbocycles. The van der Waals surface area contributed by atoms with Gasteiger partial charge in [0, 0.05) is 11.3 Å². The molecule has 0 spiro atoms. The van der Waals surface area contributed by atoms with E-state index in [2.05, 4.69) is 4.98 Å². The third-order valence-electron chi connectivity index (χ3n) is 6.18. The number of benzene rings is 1. The van der Waals surface area contributed by atoms with Crippen LogP contribution < -0.4 is 10.5 Å². The van der Waals surface area contributed by atoms with Crippen molar-refractivity contribution in [2.75, 3.05) is 13.1 Å². The predicted molar refractivity (Wildman–Crippen MR) is 96.6 cm³/mol. The van der Waals surface area contributed by atoms with Gasteiger partial charge in [-0.05, 0) is 37.3 Å². The van der Waals surface area contributed by atoms with E-state index in [1.54, 1.807) is 4.90 Å². The van der Waals surface area contributed by atoms with E-state index in [1.807, 2.05) is 24.3 Å². The van der Waals surface area contributed by atoms with Gasteiger partial charge in [-0.1, -0.05) is 25.0 Å². The summed E-state index contributed by atoms with van der Waals surface area (Å²) in [5.74, 6) is 2.58. The van der Waals surface area contributed by atoms with Gasteiger partial charge in [-0.25, -0.2) is 4.98 Å². The molecule has 2 N–H and O–H groups in total. The number of para-hydroxylation sites is 1. The number of H-pyrrole nitrogens is 1. The number of likely N-dealkylation sites (tertiary alicyclic amines) is 1. The minimum absolute atomic E-state index is 0.164. The van der Waals surface area contributed by atoms with Crippen molar-refractivity contribution < 1.29 is 9.32 Å². The zero-order valence-electron chi connectivity index (χ0n) is 14.4. The Balaban J connectivity index is 1.45. The summed E-state index contributed by atoms with van der Waals surface area (Å²) in [6.45, 7) is 3.21. The van der Waals surface area contributed by atoms with Gasteiger partial charge in [0.05, 0.1) is 13.1 Å². The first-order chi connectivity index (χ1) is 12.3. The standard InChI is InChI=1S/C20H23N3O2/c24-20-19-18(15-7-3-4-8-16(15)25-19)21-17(22-20)12-23-10-9-13-5-1-2-6-14(13)11-23/h3-4,7-8,13-14H,1-2,5-6,9-12H2,(H,21,22,24)/p+1/t13-,14+/m0/s1. The van der Waals surface area contributed by atoms with Crippen molar-refractivity contribution >= 4 is 22.1 Å². The molecule has 1 aliphatic carbocycles. The smallest absolute Gasteiger partial charge is 0.294 e. The molecule has 3 aromatic rings. The third kappa shape index (κ3) is 2.67. The van der Waals surface area contributed by atoms with E-state index in [0.717, 1.165) is 35.2 Å². The monoisotopic (exact) mass is 338 g/mol. The predicted octanol–water partition coefficient (Wildman–Crippen LogP) is 2.26. The minimum Gasteiger partial charge on any atom is -0.449 e. The fourth-order valence-corrected chi connectivity index (χ4v) is 4.92. The number of nitrogens with zero attached hydrogens (tertiary/aromatic N) is 1. The molecule has 3 atom stereocenters. The zero-order chi connectivity index (χ0) is 16.8. The molecule has 5 heteroatoms. The molecule has 0 amide bonds. The van der Waals surface area contributed by atoms with Crippen molar-refractivity contribution in [3.63, 3.8) is 0 Å². The van der Waals surface area contributed by atoms with E-state index in [4.69, 9.17) is 9.40 Å². The molecule has 0 bridgehead atoms. The first-order valence-corrected chi connectivity index (χ1v) is 9.52. The van der Waals surface area contributed by atoms with Gasteiger partial charge in [0.25, 0.3) is 5.56 Å². The molecule has 5 rings (SSSR count). The second-order valence-electron chi connectivity index (χ2n) is 7.76. The second kappa shape index (κ2) is 5.99. The number of quaternary nitrogens is 1. The van der Waals surface area contributed by atoms with E-state index in [0.29, 0.717) is 11.1 Å². The summed E-state index contributed by atoms with van der Waals surface area (Å²) in [5.41, 5.74) is 1.60. The normalized spacial score (nSPS) is 26.8. The molecular weight excluding hydrogens is 314 g/mol. The van der Waals surface area contributed by atoms with E-state index in [1.165, 1.54) is 45.2 Å². The molecule has 1 saturated heterocycles. The Hall–Kier alpha value is -2.14. The largest absolute Gasteiger partial charge is 0.449 e. The topological polar surface area (TPSA) is 63.3 Å². The minimum atomic E-state index is -0.164. The van der Waals surface area contributed by atoms with Gasteiger partial charge in [0.2, 0.25) is 5.58 Å². The fraction of sp³-hybridized carbons (Fsp3) is 0.500. The lowest BCUT2D eigenvalue weighted by atomic mass is 9.75. The maximum atomic E-state index is 12.4. The maximum Gasteiger partial charge on any atom is 0.294 e. The van der Waals surface area contributed by atoms with Crippen LogP contribution in [0.15, 0.2) is 33.5 Å². The molecular formula is C20H24N3O2+. The summed E-state index contributed by atoms with van der Waals surface area (Å²) in [7, 11) is 0. The van der Waals surface area contributed by atoms with Crippen molar-refractivity contribution in [2.24, 2.45) is 11.8 Å². The van der Waals surface area contributed by atoms with Crippen LogP contribution in [0.25, 0.3) is 22.1 Å². The molecule has 3 heterocycles. The van der Waals surface area contributed by atoms with Gasteiger partial charge in [0.15, 0.2) is 5.82 Å². The lowest BCUT2D eigenvalue weighted by molar-refractivity contribution is -0.924. The Kier molecular flexibility index (Phi) is 3.63. The molecule has 2 aromatic heterocycles. The summed E-state index contributed by atoms with van der Waals surface area (Å²) < 4.78 is 5.69. The highest BCUT2D eigenvalue weighted by Crippen LogP contribution is 2.32. The van der Waals surface area contributed by atoms with E-state index >= 15 is 0 Å². The van der Waals surface area contributed by atoms with Crippen LogP contribution in [-0.2, 0) is 6.54 Å². The number of fused-ring (bicyclic) bond motifs is 4. The Morgan fingerprint density at radius 1 is 1.16 bits per heavy atom. The summed E-state index contributed by atoms with van der Waals surface area (Å²) in [6, 6.07) is 7.73. The number of furan rings is 1. The summed E-state index contributed by atoms with van der Waals surface area (Å²) >= 11 is 0. The average molecular weight is 338 g/mol. The zero-order valence-corrected chi connectivity index (χ0v) is 14.4. The van der Waals surface area contributed by atoms with Crippen molar-refractivity contribution in [2.45, 2.75) is 38.6 Å². The van der Waals surface area contributed by atoms with E-state index < -0.39 is 0 Å². The molecule has 1 aromatic carbocycles.